The lowest BCUT2D eigenvalue weighted by Crippen LogP contribution is -2.13. The molecule has 0 aliphatic rings. The van der Waals surface area contributed by atoms with Gasteiger partial charge in [0.25, 0.3) is 0 Å². The van der Waals surface area contributed by atoms with E-state index < -0.39 is 0 Å². The second-order valence-electron chi connectivity index (χ2n) is 2.50. The Bertz CT molecular complexity index is 270. The first-order valence-electron chi connectivity index (χ1n) is 3.24. The zero-order valence-electron chi connectivity index (χ0n) is 6.41. The molecule has 0 aliphatic heterocycles. The molecule has 0 saturated carbocycles. The van der Waals surface area contributed by atoms with Gasteiger partial charge in [-0.15, -0.1) is 0 Å². The molecule has 1 rings (SSSR count). The van der Waals surface area contributed by atoms with Gasteiger partial charge in [-0.25, -0.2) is 4.39 Å². The summed E-state index contributed by atoms with van der Waals surface area (Å²) in [6, 6.07) is 1.28. The third kappa shape index (κ3) is 1.41. The van der Waals surface area contributed by atoms with Gasteiger partial charge in [0.2, 0.25) is 0 Å². The van der Waals surface area contributed by atoms with Crippen molar-refractivity contribution < 1.29 is 4.39 Å². The van der Waals surface area contributed by atoms with E-state index >= 15 is 0 Å². The van der Waals surface area contributed by atoms with Crippen LogP contribution < -0.4 is 5.46 Å². The fourth-order valence-electron chi connectivity index (χ4n) is 0.866. The molecule has 0 saturated heterocycles. The molecule has 0 unspecified atom stereocenters. The fraction of sp³-hybridized carbons (Fsp3) is 0.250. The first-order chi connectivity index (χ1) is 5.04. The van der Waals surface area contributed by atoms with E-state index in [4.69, 9.17) is 19.4 Å². The Hall–Kier alpha value is -0.495. The van der Waals surface area contributed by atoms with Crippen molar-refractivity contribution in [3.05, 3.63) is 28.0 Å². The molecule has 0 bridgehead atoms. The van der Waals surface area contributed by atoms with E-state index in [1.807, 2.05) is 0 Å². The van der Waals surface area contributed by atoms with Crippen molar-refractivity contribution in [2.24, 2.45) is 0 Å². The molecule has 0 amide bonds. The molecule has 0 fully saturated rings. The van der Waals surface area contributed by atoms with Crippen LogP contribution in [0.2, 0.25) is 5.02 Å². The van der Waals surface area contributed by atoms with Gasteiger partial charge >= 0.3 is 0 Å². The Balaban J connectivity index is 3.46. The number of hydrogen-bond acceptors (Lipinski definition) is 0. The van der Waals surface area contributed by atoms with Crippen LogP contribution in [-0.2, 0) is 0 Å². The lowest BCUT2D eigenvalue weighted by Gasteiger charge is -2.07. The van der Waals surface area contributed by atoms with Crippen LogP contribution in [0.4, 0.5) is 4.39 Å². The lowest BCUT2D eigenvalue weighted by atomic mass is 9.87. The van der Waals surface area contributed by atoms with Gasteiger partial charge in [0.05, 0.1) is 0 Å². The SMILES string of the molecule is [B]c1c(C)c(F)cc(Cl)c1C. The highest BCUT2D eigenvalue weighted by Gasteiger charge is 2.06. The monoisotopic (exact) mass is 168 g/mol. The van der Waals surface area contributed by atoms with Crippen molar-refractivity contribution in [1.82, 2.24) is 0 Å². The van der Waals surface area contributed by atoms with Crippen LogP contribution in [0.15, 0.2) is 6.07 Å². The molecule has 2 radical (unpaired) electrons. The minimum atomic E-state index is -0.349. The van der Waals surface area contributed by atoms with Gasteiger partial charge in [-0.2, -0.15) is 0 Å². The smallest absolute Gasteiger partial charge is 0.127 e. The molecule has 0 atom stereocenters. The maximum atomic E-state index is 12.9. The van der Waals surface area contributed by atoms with E-state index in [0.717, 1.165) is 5.56 Å². The van der Waals surface area contributed by atoms with E-state index in [0.29, 0.717) is 16.0 Å². The highest BCUT2D eigenvalue weighted by Crippen LogP contribution is 2.16. The van der Waals surface area contributed by atoms with Crippen molar-refractivity contribution in [3.63, 3.8) is 0 Å². The second-order valence-corrected chi connectivity index (χ2v) is 2.91. The summed E-state index contributed by atoms with van der Waals surface area (Å²) in [5.41, 5.74) is 1.65. The number of halogens is 2. The largest absolute Gasteiger partial charge is 0.207 e. The predicted molar refractivity (Wildman–Crippen MR) is 46.3 cm³/mol. The quantitative estimate of drug-likeness (QED) is 0.519. The third-order valence-corrected chi connectivity index (χ3v) is 2.17. The molecule has 3 heteroatoms. The molecular weight excluding hydrogens is 161 g/mol. The maximum Gasteiger partial charge on any atom is 0.127 e. The van der Waals surface area contributed by atoms with Crippen LogP contribution in [0.25, 0.3) is 0 Å². The summed E-state index contributed by atoms with van der Waals surface area (Å²) in [6.45, 7) is 3.40. The van der Waals surface area contributed by atoms with Crippen LogP contribution in [0.5, 0.6) is 0 Å². The van der Waals surface area contributed by atoms with Gasteiger partial charge in [-0.1, -0.05) is 17.1 Å². The Labute approximate surface area is 71.8 Å². The van der Waals surface area contributed by atoms with E-state index in [1.165, 1.54) is 6.07 Å². The first kappa shape index (κ1) is 8.60. The molecule has 1 aromatic carbocycles. The van der Waals surface area contributed by atoms with Crippen LogP contribution in [-0.4, -0.2) is 7.85 Å². The summed E-state index contributed by atoms with van der Waals surface area (Å²) in [4.78, 5) is 0. The summed E-state index contributed by atoms with van der Waals surface area (Å²) >= 11 is 5.67. The number of hydrogen-bond donors (Lipinski definition) is 0. The van der Waals surface area contributed by atoms with Crippen molar-refractivity contribution >= 4 is 24.9 Å². The minimum Gasteiger partial charge on any atom is -0.207 e. The first-order valence-corrected chi connectivity index (χ1v) is 3.62. The van der Waals surface area contributed by atoms with E-state index in [-0.39, 0.29) is 5.82 Å². The molecule has 1 aromatic rings. The van der Waals surface area contributed by atoms with Crippen LogP contribution in [0.3, 0.4) is 0 Å². The van der Waals surface area contributed by atoms with Crippen LogP contribution in [0, 0.1) is 19.7 Å². The van der Waals surface area contributed by atoms with E-state index in [2.05, 4.69) is 0 Å². The molecule has 0 nitrogen and oxygen atoms in total. The zero-order chi connectivity index (χ0) is 8.59. The molecule has 11 heavy (non-hydrogen) atoms. The average Bonchev–Trinajstić information content (AvgIpc) is 1.97. The van der Waals surface area contributed by atoms with Gasteiger partial charge in [0.1, 0.15) is 13.7 Å². The molecule has 56 valence electrons. The van der Waals surface area contributed by atoms with Gasteiger partial charge < -0.3 is 0 Å². The molecule has 0 aromatic heterocycles. The maximum absolute atomic E-state index is 12.9. The van der Waals surface area contributed by atoms with Gasteiger partial charge in [0, 0.05) is 5.02 Å². The molecular formula is C8H7BClF. The molecule has 0 N–H and O–H groups in total. The molecule has 0 heterocycles. The lowest BCUT2D eigenvalue weighted by molar-refractivity contribution is 0.619. The topological polar surface area (TPSA) is 0 Å². The van der Waals surface area contributed by atoms with Crippen molar-refractivity contribution in [2.45, 2.75) is 13.8 Å². The summed E-state index contributed by atoms with van der Waals surface area (Å²) in [7, 11) is 5.56. The Kier molecular flexibility index (Phi) is 2.24. The standard InChI is InChI=1S/C8H7BClF/c1-4-6(10)3-7(11)5(2)8(4)9/h3H,1-2H3. The van der Waals surface area contributed by atoms with Crippen LogP contribution >= 0.6 is 11.6 Å². The normalized spacial score (nSPS) is 10.2. The van der Waals surface area contributed by atoms with Crippen molar-refractivity contribution in [1.29, 1.82) is 0 Å². The highest BCUT2D eigenvalue weighted by atomic mass is 35.5. The van der Waals surface area contributed by atoms with Crippen molar-refractivity contribution in [2.75, 3.05) is 0 Å². The summed E-state index contributed by atoms with van der Waals surface area (Å²) < 4.78 is 12.9. The zero-order valence-corrected chi connectivity index (χ0v) is 7.17. The Morgan fingerprint density at radius 2 is 1.91 bits per heavy atom. The summed E-state index contributed by atoms with van der Waals surface area (Å²) in [5, 5.41) is 0.380. The van der Waals surface area contributed by atoms with E-state index in [9.17, 15) is 4.39 Å². The summed E-state index contributed by atoms with van der Waals surface area (Å²) in [5.74, 6) is -0.349. The number of rotatable bonds is 0. The summed E-state index contributed by atoms with van der Waals surface area (Å²) in [6.07, 6.45) is 0. The van der Waals surface area contributed by atoms with Gasteiger partial charge in [-0.3, -0.25) is 0 Å². The van der Waals surface area contributed by atoms with Gasteiger partial charge in [-0.05, 0) is 31.0 Å². The minimum absolute atomic E-state index is 0.349. The second kappa shape index (κ2) is 2.86. The highest BCUT2D eigenvalue weighted by molar-refractivity contribution is 6.38. The van der Waals surface area contributed by atoms with Crippen molar-refractivity contribution in [3.8, 4) is 0 Å². The molecule has 0 aliphatic carbocycles. The Morgan fingerprint density at radius 1 is 1.36 bits per heavy atom. The average molecular weight is 168 g/mol. The third-order valence-electron chi connectivity index (χ3n) is 1.78. The van der Waals surface area contributed by atoms with E-state index in [1.54, 1.807) is 13.8 Å². The fourth-order valence-corrected chi connectivity index (χ4v) is 1.06. The molecule has 0 spiro atoms. The Morgan fingerprint density at radius 3 is 2.45 bits per heavy atom. The predicted octanol–water partition coefficient (Wildman–Crippen LogP) is 1.89. The van der Waals surface area contributed by atoms with Crippen LogP contribution in [0.1, 0.15) is 11.1 Å². The number of benzene rings is 1. The van der Waals surface area contributed by atoms with Gasteiger partial charge in [0.15, 0.2) is 0 Å².